The van der Waals surface area contributed by atoms with Gasteiger partial charge in [-0.25, -0.2) is 13.2 Å². The number of methoxy groups -OCH3 is 1. The third kappa shape index (κ3) is 7.33. The second-order valence-electron chi connectivity index (χ2n) is 5.47. The second-order valence-corrected chi connectivity index (χ2v) is 7.75. The van der Waals surface area contributed by atoms with Crippen molar-refractivity contribution in [1.29, 1.82) is 0 Å². The zero-order chi connectivity index (χ0) is 18.1. The normalized spacial score (nSPS) is 13.9. The molecule has 1 amide bonds. The maximum atomic E-state index is 12.5. The molecule has 0 aromatic rings. The number of esters is 1. The molecule has 0 bridgehead atoms. The molecular weight excluding hydrogens is 360 g/mol. The number of hydrogen-bond donors (Lipinski definition) is 2. The Morgan fingerprint density at radius 2 is 1.62 bits per heavy atom. The van der Waals surface area contributed by atoms with Crippen molar-refractivity contribution >= 4 is 34.1 Å². The van der Waals surface area contributed by atoms with Gasteiger partial charge in [-0.15, -0.1) is 12.4 Å². The van der Waals surface area contributed by atoms with Crippen LogP contribution in [-0.2, 0) is 28.9 Å². The monoisotopic (exact) mass is 388 g/mol. The van der Waals surface area contributed by atoms with Gasteiger partial charge in [-0.05, 0) is 12.8 Å². The highest BCUT2D eigenvalue weighted by Crippen LogP contribution is 2.20. The highest BCUT2D eigenvalue weighted by molar-refractivity contribution is 7.92. The molecule has 0 spiro atoms. The van der Waals surface area contributed by atoms with E-state index in [9.17, 15) is 18.0 Å². The first kappa shape index (κ1) is 25.3. The lowest BCUT2D eigenvalue weighted by Crippen LogP contribution is -2.63. The summed E-state index contributed by atoms with van der Waals surface area (Å²) in [4.78, 5) is 23.6. The van der Waals surface area contributed by atoms with Crippen LogP contribution in [0.5, 0.6) is 0 Å². The molecule has 0 aromatic carbocycles. The van der Waals surface area contributed by atoms with E-state index in [1.54, 1.807) is 0 Å². The molecule has 1 atom stereocenters. The van der Waals surface area contributed by atoms with Crippen molar-refractivity contribution in [2.75, 3.05) is 26.1 Å². The highest BCUT2D eigenvalue weighted by Gasteiger charge is 2.47. The summed E-state index contributed by atoms with van der Waals surface area (Å²) in [5.74, 6) is -3.24. The smallest absolute Gasteiger partial charge is 0.337 e. The maximum absolute atomic E-state index is 12.5. The third-order valence-electron chi connectivity index (χ3n) is 3.48. The fourth-order valence-corrected chi connectivity index (χ4v) is 4.48. The molecule has 0 aromatic heterocycles. The molecule has 0 aliphatic heterocycles. The molecule has 24 heavy (non-hydrogen) atoms. The molecule has 0 aliphatic rings. The van der Waals surface area contributed by atoms with Crippen molar-refractivity contribution in [2.24, 2.45) is 11.5 Å². The summed E-state index contributed by atoms with van der Waals surface area (Å²) >= 11 is 0. The van der Waals surface area contributed by atoms with E-state index in [1.165, 1.54) is 7.11 Å². The predicted molar refractivity (Wildman–Crippen MR) is 93.6 cm³/mol. The maximum Gasteiger partial charge on any atom is 0.337 e. The number of amides is 1. The molecule has 8 nitrogen and oxygen atoms in total. The number of halogens is 1. The quantitative estimate of drug-likeness (QED) is 0.276. The number of primary amides is 1. The van der Waals surface area contributed by atoms with E-state index in [0.717, 1.165) is 0 Å². The Labute approximate surface area is 149 Å². The number of ether oxygens (including phenoxy) is 2. The number of carbonyl (C=O) groups is 2. The molecule has 0 unspecified atom stereocenters. The Morgan fingerprint density at radius 1 is 1.12 bits per heavy atom. The van der Waals surface area contributed by atoms with Gasteiger partial charge in [0.2, 0.25) is 11.4 Å². The molecule has 0 saturated heterocycles. The van der Waals surface area contributed by atoms with Gasteiger partial charge in [0, 0.05) is 7.11 Å². The van der Waals surface area contributed by atoms with Crippen LogP contribution in [0.4, 0.5) is 0 Å². The minimum absolute atomic E-state index is 0. The molecular formula is C14H29ClN2O6S. The van der Waals surface area contributed by atoms with Crippen LogP contribution in [0.2, 0.25) is 0 Å². The first-order valence-corrected chi connectivity index (χ1v) is 9.33. The molecule has 0 radical (unpaired) electrons. The second kappa shape index (κ2) is 11.6. The van der Waals surface area contributed by atoms with Crippen LogP contribution < -0.4 is 11.5 Å². The minimum Gasteiger partial charge on any atom is -0.461 e. The SMILES string of the molecule is CCCC(CCC)S(=O)(=O)C[C@](N)(C(N)=O)C(=O)OCCOC.Cl. The zero-order valence-corrected chi connectivity index (χ0v) is 16.1. The van der Waals surface area contributed by atoms with Gasteiger partial charge in [-0.3, -0.25) is 4.79 Å². The third-order valence-corrected chi connectivity index (χ3v) is 5.83. The van der Waals surface area contributed by atoms with E-state index in [2.05, 4.69) is 0 Å². The Hall–Kier alpha value is -0.900. The van der Waals surface area contributed by atoms with Gasteiger partial charge in [-0.1, -0.05) is 26.7 Å². The van der Waals surface area contributed by atoms with Crippen LogP contribution in [0.1, 0.15) is 39.5 Å². The van der Waals surface area contributed by atoms with Gasteiger partial charge in [0.25, 0.3) is 0 Å². The molecule has 0 fully saturated rings. The molecule has 0 heterocycles. The lowest BCUT2D eigenvalue weighted by atomic mass is 10.0. The molecule has 4 N–H and O–H groups in total. The Kier molecular flexibility index (Phi) is 12.3. The Balaban J connectivity index is 0. The zero-order valence-electron chi connectivity index (χ0n) is 14.4. The van der Waals surface area contributed by atoms with Crippen molar-refractivity contribution in [3.05, 3.63) is 0 Å². The van der Waals surface area contributed by atoms with Crippen molar-refractivity contribution in [2.45, 2.75) is 50.3 Å². The average Bonchev–Trinajstić information content (AvgIpc) is 2.46. The fourth-order valence-electron chi connectivity index (χ4n) is 2.16. The van der Waals surface area contributed by atoms with Crippen molar-refractivity contribution in [1.82, 2.24) is 0 Å². The predicted octanol–water partition coefficient (Wildman–Crippen LogP) is 0.164. The lowest BCUT2D eigenvalue weighted by molar-refractivity contribution is -0.153. The molecule has 0 rings (SSSR count). The molecule has 144 valence electrons. The van der Waals surface area contributed by atoms with Crippen molar-refractivity contribution in [3.63, 3.8) is 0 Å². The van der Waals surface area contributed by atoms with Crippen LogP contribution in [0, 0.1) is 0 Å². The topological polar surface area (TPSA) is 139 Å². The van der Waals surface area contributed by atoms with Crippen LogP contribution in [0.15, 0.2) is 0 Å². The number of nitrogens with two attached hydrogens (primary N) is 2. The van der Waals surface area contributed by atoms with Crippen LogP contribution in [0.25, 0.3) is 0 Å². The van der Waals surface area contributed by atoms with E-state index in [-0.39, 0.29) is 25.6 Å². The van der Waals surface area contributed by atoms with E-state index in [0.29, 0.717) is 25.7 Å². The van der Waals surface area contributed by atoms with Gasteiger partial charge in [0.05, 0.1) is 17.6 Å². The van der Waals surface area contributed by atoms with E-state index < -0.39 is 38.3 Å². The first-order chi connectivity index (χ1) is 10.7. The molecule has 0 aliphatic carbocycles. The summed E-state index contributed by atoms with van der Waals surface area (Å²) < 4.78 is 34.6. The molecule has 10 heteroatoms. The highest BCUT2D eigenvalue weighted by atomic mass is 35.5. The number of hydrogen-bond acceptors (Lipinski definition) is 7. The van der Waals surface area contributed by atoms with Crippen LogP contribution in [-0.4, -0.2) is 57.2 Å². The van der Waals surface area contributed by atoms with Crippen molar-refractivity contribution in [3.8, 4) is 0 Å². The van der Waals surface area contributed by atoms with Crippen molar-refractivity contribution < 1.29 is 27.5 Å². The van der Waals surface area contributed by atoms with E-state index in [4.69, 9.17) is 20.9 Å². The van der Waals surface area contributed by atoms with E-state index in [1.807, 2.05) is 13.8 Å². The summed E-state index contributed by atoms with van der Waals surface area (Å²) in [6.45, 7) is 3.68. The number of carbonyl (C=O) groups excluding carboxylic acids is 2. The molecule has 0 saturated carbocycles. The van der Waals surface area contributed by atoms with E-state index >= 15 is 0 Å². The Morgan fingerprint density at radius 3 is 2.00 bits per heavy atom. The van der Waals surface area contributed by atoms with Gasteiger partial charge < -0.3 is 20.9 Å². The number of rotatable bonds is 12. The van der Waals surface area contributed by atoms with Crippen LogP contribution in [0.3, 0.4) is 0 Å². The summed E-state index contributed by atoms with van der Waals surface area (Å²) in [7, 11) is -2.38. The summed E-state index contributed by atoms with van der Waals surface area (Å²) in [5, 5.41) is -0.661. The number of sulfone groups is 1. The largest absolute Gasteiger partial charge is 0.461 e. The standard InChI is InChI=1S/C14H28N2O6S.ClH/c1-4-6-11(7-5-2)23(19,20)10-14(16,12(15)17)13(18)22-9-8-21-3;/h11H,4-10,16H2,1-3H3,(H2,15,17);1H/t14-;/m0./s1. The average molecular weight is 389 g/mol. The van der Waals surface area contributed by atoms with Gasteiger partial charge in [0.1, 0.15) is 6.61 Å². The van der Waals surface area contributed by atoms with Crippen LogP contribution >= 0.6 is 12.4 Å². The summed E-state index contributed by atoms with van der Waals surface area (Å²) in [6, 6.07) is 0. The minimum atomic E-state index is -3.78. The Bertz CT molecular complexity index is 493. The van der Waals surface area contributed by atoms with Gasteiger partial charge in [0.15, 0.2) is 9.84 Å². The first-order valence-electron chi connectivity index (χ1n) is 7.62. The van der Waals surface area contributed by atoms with Gasteiger partial charge >= 0.3 is 5.97 Å². The fraction of sp³-hybridized carbons (Fsp3) is 0.857. The van der Waals surface area contributed by atoms with Gasteiger partial charge in [-0.2, -0.15) is 0 Å². The lowest BCUT2D eigenvalue weighted by Gasteiger charge is -2.26. The summed E-state index contributed by atoms with van der Waals surface area (Å²) in [6.07, 6.45) is 2.19. The summed E-state index contributed by atoms with van der Waals surface area (Å²) in [5.41, 5.74) is 8.49.